The van der Waals surface area contributed by atoms with E-state index in [0.717, 1.165) is 15.6 Å². The fourth-order valence-corrected chi connectivity index (χ4v) is 2.97. The molecule has 0 spiro atoms. The zero-order chi connectivity index (χ0) is 15.4. The van der Waals surface area contributed by atoms with Gasteiger partial charge in [-0.25, -0.2) is 0 Å². The molecule has 2 aromatic carbocycles. The molecule has 0 amide bonds. The molecule has 0 aliphatic heterocycles. The van der Waals surface area contributed by atoms with Crippen LogP contribution in [-0.2, 0) is 6.54 Å². The number of nitrogens with zero attached hydrogens (tertiary/aromatic N) is 1. The lowest BCUT2D eigenvalue weighted by Crippen LogP contribution is -2.18. The molecule has 0 fully saturated rings. The molecular weight excluding hydrogens is 400 g/mol. The van der Waals surface area contributed by atoms with Gasteiger partial charge in [-0.05, 0) is 46.1 Å². The summed E-state index contributed by atoms with van der Waals surface area (Å²) in [7, 11) is 0. The number of halogens is 2. The molecule has 0 unspecified atom stereocenters. The monoisotopic (exact) mass is 412 g/mol. The van der Waals surface area contributed by atoms with E-state index in [1.807, 2.05) is 24.3 Å². The molecule has 0 heterocycles. The molecule has 0 aliphatic carbocycles. The van der Waals surface area contributed by atoms with Gasteiger partial charge in [-0.1, -0.05) is 40.2 Å². The zero-order valence-electron chi connectivity index (χ0n) is 11.3. The lowest BCUT2D eigenvalue weighted by Gasteiger charge is -2.15. The fourth-order valence-electron chi connectivity index (χ4n) is 2.00. The highest BCUT2D eigenvalue weighted by atomic mass is 79.9. The third kappa shape index (κ3) is 4.12. The standard InChI is InChI=1S/C15H14Br2N2O2/c1-10(11-4-2-6-13(16)8-11)18-9-12-5-3-7-14(15(12)17)19(20)21/h2-8,10,18H,9H2,1H3/t10-/m0/s1. The van der Waals surface area contributed by atoms with Gasteiger partial charge >= 0.3 is 0 Å². The minimum atomic E-state index is -0.384. The number of nitro groups is 1. The molecule has 0 aliphatic rings. The first-order valence-corrected chi connectivity index (χ1v) is 7.98. The number of nitro benzene ring substituents is 1. The van der Waals surface area contributed by atoms with Gasteiger partial charge in [0.1, 0.15) is 0 Å². The SMILES string of the molecule is C[C@H](NCc1cccc([N+](=O)[O-])c1Br)c1cccc(Br)c1. The maximum absolute atomic E-state index is 10.9. The Morgan fingerprint density at radius 3 is 2.62 bits per heavy atom. The first kappa shape index (κ1) is 16.1. The van der Waals surface area contributed by atoms with Gasteiger partial charge in [0.2, 0.25) is 0 Å². The van der Waals surface area contributed by atoms with Gasteiger partial charge in [0.05, 0.1) is 9.40 Å². The van der Waals surface area contributed by atoms with E-state index >= 15 is 0 Å². The van der Waals surface area contributed by atoms with Gasteiger partial charge < -0.3 is 5.32 Å². The smallest absolute Gasteiger partial charge is 0.283 e. The van der Waals surface area contributed by atoms with Crippen LogP contribution in [0.5, 0.6) is 0 Å². The molecule has 21 heavy (non-hydrogen) atoms. The second kappa shape index (κ2) is 7.15. The van der Waals surface area contributed by atoms with Gasteiger partial charge in [0.15, 0.2) is 0 Å². The summed E-state index contributed by atoms with van der Waals surface area (Å²) in [5, 5.41) is 14.3. The summed E-state index contributed by atoms with van der Waals surface area (Å²) in [4.78, 5) is 10.5. The molecule has 0 saturated heterocycles. The Kier molecular flexibility index (Phi) is 5.50. The van der Waals surface area contributed by atoms with Gasteiger partial charge in [-0.15, -0.1) is 0 Å². The van der Waals surface area contributed by atoms with Crippen LogP contribution in [0.3, 0.4) is 0 Å². The Morgan fingerprint density at radius 1 is 1.24 bits per heavy atom. The number of benzene rings is 2. The van der Waals surface area contributed by atoms with Crippen LogP contribution in [-0.4, -0.2) is 4.92 Å². The molecule has 2 aromatic rings. The van der Waals surface area contributed by atoms with Crippen LogP contribution >= 0.6 is 31.9 Å². The van der Waals surface area contributed by atoms with Crippen molar-refractivity contribution in [2.75, 3.05) is 0 Å². The van der Waals surface area contributed by atoms with E-state index in [1.54, 1.807) is 6.07 Å². The highest BCUT2D eigenvalue weighted by molar-refractivity contribution is 9.10. The van der Waals surface area contributed by atoms with E-state index in [4.69, 9.17) is 0 Å². The minimum Gasteiger partial charge on any atom is -0.306 e. The van der Waals surface area contributed by atoms with Crippen LogP contribution in [0.25, 0.3) is 0 Å². The summed E-state index contributed by atoms with van der Waals surface area (Å²) in [5.41, 5.74) is 2.11. The van der Waals surface area contributed by atoms with Crippen LogP contribution in [0.15, 0.2) is 51.4 Å². The molecule has 1 N–H and O–H groups in total. The molecule has 1 atom stereocenters. The van der Waals surface area contributed by atoms with E-state index in [-0.39, 0.29) is 16.7 Å². The molecule has 0 radical (unpaired) electrons. The average Bonchev–Trinajstić information content (AvgIpc) is 2.45. The molecule has 6 heteroatoms. The zero-order valence-corrected chi connectivity index (χ0v) is 14.5. The third-order valence-electron chi connectivity index (χ3n) is 3.20. The number of hydrogen-bond donors (Lipinski definition) is 1. The number of hydrogen-bond acceptors (Lipinski definition) is 3. The van der Waals surface area contributed by atoms with Gasteiger partial charge in [-0.3, -0.25) is 10.1 Å². The number of rotatable bonds is 5. The molecule has 2 rings (SSSR count). The van der Waals surface area contributed by atoms with E-state index < -0.39 is 0 Å². The van der Waals surface area contributed by atoms with Gasteiger partial charge in [0, 0.05) is 23.1 Å². The highest BCUT2D eigenvalue weighted by Gasteiger charge is 2.15. The van der Waals surface area contributed by atoms with E-state index in [1.165, 1.54) is 6.07 Å². The topological polar surface area (TPSA) is 55.2 Å². The van der Waals surface area contributed by atoms with Crippen LogP contribution in [0.1, 0.15) is 24.1 Å². The normalized spacial score (nSPS) is 12.1. The van der Waals surface area contributed by atoms with Crippen molar-refractivity contribution in [2.24, 2.45) is 0 Å². The van der Waals surface area contributed by atoms with Gasteiger partial charge in [0.25, 0.3) is 5.69 Å². The van der Waals surface area contributed by atoms with Crippen LogP contribution in [0.4, 0.5) is 5.69 Å². The van der Waals surface area contributed by atoms with Crippen molar-refractivity contribution in [2.45, 2.75) is 19.5 Å². The Hall–Kier alpha value is -1.24. The average molecular weight is 414 g/mol. The summed E-state index contributed by atoms with van der Waals surface area (Å²) in [5.74, 6) is 0. The van der Waals surface area contributed by atoms with Crippen molar-refractivity contribution >= 4 is 37.5 Å². The fraction of sp³-hybridized carbons (Fsp3) is 0.200. The highest BCUT2D eigenvalue weighted by Crippen LogP contribution is 2.28. The second-order valence-electron chi connectivity index (χ2n) is 4.66. The summed E-state index contributed by atoms with van der Waals surface area (Å²) < 4.78 is 1.56. The Balaban J connectivity index is 2.10. The molecule has 4 nitrogen and oxygen atoms in total. The summed E-state index contributed by atoms with van der Waals surface area (Å²) in [6.45, 7) is 2.61. The minimum absolute atomic E-state index is 0.0874. The lowest BCUT2D eigenvalue weighted by molar-refractivity contribution is -0.385. The molecule has 0 bridgehead atoms. The molecule has 0 saturated carbocycles. The number of nitrogens with one attached hydrogen (secondary N) is 1. The molecule has 0 aromatic heterocycles. The summed E-state index contributed by atoms with van der Waals surface area (Å²) >= 11 is 6.76. The third-order valence-corrected chi connectivity index (χ3v) is 4.61. The maximum atomic E-state index is 10.9. The molecular formula is C15H14Br2N2O2. The van der Waals surface area contributed by atoms with Crippen LogP contribution < -0.4 is 5.32 Å². The Bertz CT molecular complexity index is 662. The van der Waals surface area contributed by atoms with Crippen molar-refractivity contribution in [3.8, 4) is 0 Å². The quantitative estimate of drug-likeness (QED) is 0.556. The first-order chi connectivity index (χ1) is 9.99. The van der Waals surface area contributed by atoms with E-state index in [0.29, 0.717) is 11.0 Å². The Labute approximate surface area is 140 Å². The summed E-state index contributed by atoms with van der Waals surface area (Å²) in [6.07, 6.45) is 0. The van der Waals surface area contributed by atoms with Crippen molar-refractivity contribution in [3.05, 3.63) is 72.7 Å². The van der Waals surface area contributed by atoms with Crippen molar-refractivity contribution in [1.82, 2.24) is 5.32 Å². The maximum Gasteiger partial charge on any atom is 0.283 e. The predicted molar refractivity (Wildman–Crippen MR) is 90.2 cm³/mol. The van der Waals surface area contributed by atoms with Gasteiger partial charge in [-0.2, -0.15) is 0 Å². The summed E-state index contributed by atoms with van der Waals surface area (Å²) in [6, 6.07) is 13.3. The largest absolute Gasteiger partial charge is 0.306 e. The van der Waals surface area contributed by atoms with Crippen molar-refractivity contribution in [3.63, 3.8) is 0 Å². The van der Waals surface area contributed by atoms with Crippen LogP contribution in [0, 0.1) is 10.1 Å². The molecule has 110 valence electrons. The second-order valence-corrected chi connectivity index (χ2v) is 6.37. The van der Waals surface area contributed by atoms with E-state index in [2.05, 4.69) is 50.2 Å². The van der Waals surface area contributed by atoms with Crippen molar-refractivity contribution in [1.29, 1.82) is 0 Å². The van der Waals surface area contributed by atoms with Crippen LogP contribution in [0.2, 0.25) is 0 Å². The lowest BCUT2D eigenvalue weighted by atomic mass is 10.1. The van der Waals surface area contributed by atoms with Crippen molar-refractivity contribution < 1.29 is 4.92 Å². The predicted octanol–water partition coefficient (Wildman–Crippen LogP) is 4.97. The van der Waals surface area contributed by atoms with E-state index in [9.17, 15) is 10.1 Å². The Morgan fingerprint density at radius 2 is 1.95 bits per heavy atom. The first-order valence-electron chi connectivity index (χ1n) is 6.39.